The van der Waals surface area contributed by atoms with Crippen LogP contribution in [0.25, 0.3) is 0 Å². The molecule has 126 valence electrons. The molecule has 0 heterocycles. The summed E-state index contributed by atoms with van der Waals surface area (Å²) in [5.74, 6) is 5.94. The maximum absolute atomic E-state index is 13.2. The number of anilines is 1. The quantitative estimate of drug-likeness (QED) is 0.854. The van der Waals surface area contributed by atoms with Gasteiger partial charge in [0.15, 0.2) is 6.04 Å². The summed E-state index contributed by atoms with van der Waals surface area (Å²) >= 11 is 0. The van der Waals surface area contributed by atoms with Crippen molar-refractivity contribution >= 4 is 5.69 Å². The summed E-state index contributed by atoms with van der Waals surface area (Å²) in [6, 6.07) is 10.7. The number of hydrogen-bond donors (Lipinski definition) is 1. The standard InChI is InChI=1S/C18H16F3NO2/c1-23-15-8-3-13(4-9-15)5-12-17(18(19,20)21)22-14-6-10-16(24-2)11-7-14/h3-4,6-11,17,22H,1-2H3. The van der Waals surface area contributed by atoms with Crippen LogP contribution in [0.4, 0.5) is 18.9 Å². The van der Waals surface area contributed by atoms with E-state index >= 15 is 0 Å². The Bertz CT molecular complexity index is 713. The van der Waals surface area contributed by atoms with Crippen molar-refractivity contribution in [1.82, 2.24) is 0 Å². The van der Waals surface area contributed by atoms with E-state index in [0.29, 0.717) is 22.7 Å². The van der Waals surface area contributed by atoms with Crippen LogP contribution in [0.2, 0.25) is 0 Å². The lowest BCUT2D eigenvalue weighted by atomic mass is 10.2. The van der Waals surface area contributed by atoms with E-state index in [1.807, 2.05) is 0 Å². The smallest absolute Gasteiger partial charge is 0.420 e. The molecule has 1 N–H and O–H groups in total. The Hall–Kier alpha value is -2.81. The zero-order valence-electron chi connectivity index (χ0n) is 13.1. The lowest BCUT2D eigenvalue weighted by Crippen LogP contribution is -2.34. The molecule has 0 radical (unpaired) electrons. The summed E-state index contributed by atoms with van der Waals surface area (Å²) in [6.45, 7) is 0. The van der Waals surface area contributed by atoms with Crippen LogP contribution >= 0.6 is 0 Å². The van der Waals surface area contributed by atoms with Crippen LogP contribution in [-0.4, -0.2) is 26.4 Å². The van der Waals surface area contributed by atoms with Gasteiger partial charge < -0.3 is 14.8 Å². The number of rotatable bonds is 4. The number of benzene rings is 2. The molecule has 6 heteroatoms. The molecule has 2 aromatic carbocycles. The van der Waals surface area contributed by atoms with Crippen molar-refractivity contribution in [1.29, 1.82) is 0 Å². The van der Waals surface area contributed by atoms with Crippen LogP contribution in [-0.2, 0) is 0 Å². The zero-order chi connectivity index (χ0) is 17.6. The topological polar surface area (TPSA) is 30.5 Å². The molecule has 0 bridgehead atoms. The van der Waals surface area contributed by atoms with Crippen molar-refractivity contribution < 1.29 is 22.6 Å². The molecule has 0 aliphatic heterocycles. The van der Waals surface area contributed by atoms with E-state index in [2.05, 4.69) is 17.2 Å². The van der Waals surface area contributed by atoms with Gasteiger partial charge in [-0.3, -0.25) is 0 Å². The van der Waals surface area contributed by atoms with Gasteiger partial charge in [0.2, 0.25) is 0 Å². The van der Waals surface area contributed by atoms with E-state index in [-0.39, 0.29) is 0 Å². The van der Waals surface area contributed by atoms with Gasteiger partial charge in [-0.15, -0.1) is 0 Å². The Morgan fingerprint density at radius 1 is 0.875 bits per heavy atom. The van der Waals surface area contributed by atoms with Crippen molar-refractivity contribution in [2.45, 2.75) is 12.2 Å². The van der Waals surface area contributed by atoms with Crippen molar-refractivity contribution in [2.24, 2.45) is 0 Å². The molecule has 3 nitrogen and oxygen atoms in total. The van der Waals surface area contributed by atoms with Gasteiger partial charge in [0.25, 0.3) is 0 Å². The molecule has 0 saturated carbocycles. The number of halogens is 3. The van der Waals surface area contributed by atoms with E-state index in [0.717, 1.165) is 0 Å². The van der Waals surface area contributed by atoms with E-state index in [9.17, 15) is 13.2 Å². The summed E-state index contributed by atoms with van der Waals surface area (Å²) in [4.78, 5) is 0. The zero-order valence-corrected chi connectivity index (χ0v) is 13.1. The van der Waals surface area contributed by atoms with Gasteiger partial charge in [0.05, 0.1) is 14.2 Å². The predicted octanol–water partition coefficient (Wildman–Crippen LogP) is 4.10. The minimum absolute atomic E-state index is 0.308. The first-order valence-corrected chi connectivity index (χ1v) is 7.05. The fourth-order valence-electron chi connectivity index (χ4n) is 1.88. The van der Waals surface area contributed by atoms with Crippen molar-refractivity contribution in [3.8, 4) is 23.3 Å². The Labute approximate surface area is 138 Å². The normalized spacial score (nSPS) is 11.9. The monoisotopic (exact) mass is 335 g/mol. The minimum atomic E-state index is -4.50. The summed E-state index contributed by atoms with van der Waals surface area (Å²) in [7, 11) is 3.00. The molecular formula is C18H16F3NO2. The fourth-order valence-corrected chi connectivity index (χ4v) is 1.88. The van der Waals surface area contributed by atoms with E-state index in [1.54, 1.807) is 36.4 Å². The summed E-state index contributed by atoms with van der Waals surface area (Å²) in [5.41, 5.74) is 0.781. The van der Waals surface area contributed by atoms with Crippen LogP contribution < -0.4 is 14.8 Å². The van der Waals surface area contributed by atoms with Gasteiger partial charge in [-0.2, -0.15) is 13.2 Å². The van der Waals surface area contributed by atoms with Crippen molar-refractivity contribution in [2.75, 3.05) is 19.5 Å². The summed E-state index contributed by atoms with van der Waals surface area (Å²) in [6.07, 6.45) is -4.50. The molecule has 0 amide bonds. The van der Waals surface area contributed by atoms with Gasteiger partial charge in [-0.1, -0.05) is 11.8 Å². The highest BCUT2D eigenvalue weighted by molar-refractivity contribution is 5.50. The SMILES string of the molecule is COc1ccc(C#CC(Nc2ccc(OC)cc2)C(F)(F)F)cc1. The average Bonchev–Trinajstić information content (AvgIpc) is 2.58. The molecule has 24 heavy (non-hydrogen) atoms. The number of alkyl halides is 3. The Morgan fingerprint density at radius 3 is 1.83 bits per heavy atom. The van der Waals surface area contributed by atoms with Crippen LogP contribution in [0, 0.1) is 11.8 Å². The van der Waals surface area contributed by atoms with Gasteiger partial charge in [0.1, 0.15) is 11.5 Å². The summed E-state index contributed by atoms with van der Waals surface area (Å²) in [5, 5.41) is 2.38. The maximum atomic E-state index is 13.2. The van der Waals surface area contributed by atoms with E-state index < -0.39 is 12.2 Å². The molecule has 0 aromatic heterocycles. The Kier molecular flexibility index (Phi) is 5.59. The minimum Gasteiger partial charge on any atom is -0.497 e. The molecule has 0 saturated heterocycles. The molecule has 0 fully saturated rings. The van der Waals surface area contributed by atoms with Gasteiger partial charge in [-0.25, -0.2) is 0 Å². The van der Waals surface area contributed by atoms with Gasteiger partial charge >= 0.3 is 6.18 Å². The average molecular weight is 335 g/mol. The van der Waals surface area contributed by atoms with Crippen LogP contribution in [0.5, 0.6) is 11.5 Å². The third-order valence-electron chi connectivity index (χ3n) is 3.18. The van der Waals surface area contributed by atoms with Gasteiger partial charge in [-0.05, 0) is 48.5 Å². The third-order valence-corrected chi connectivity index (χ3v) is 3.18. The Balaban J connectivity index is 2.17. The summed E-state index contributed by atoms with van der Waals surface area (Å²) < 4.78 is 49.5. The van der Waals surface area contributed by atoms with Crippen LogP contribution in [0.3, 0.4) is 0 Å². The molecule has 1 atom stereocenters. The largest absolute Gasteiger partial charge is 0.497 e. The number of hydrogen-bond acceptors (Lipinski definition) is 3. The number of methoxy groups -OCH3 is 2. The van der Waals surface area contributed by atoms with Gasteiger partial charge in [0, 0.05) is 11.3 Å². The van der Waals surface area contributed by atoms with Crippen molar-refractivity contribution in [3.63, 3.8) is 0 Å². The predicted molar refractivity (Wildman–Crippen MR) is 86.3 cm³/mol. The second kappa shape index (κ2) is 7.64. The molecule has 1 unspecified atom stereocenters. The second-order valence-electron chi connectivity index (χ2n) is 4.85. The fraction of sp³-hybridized carbons (Fsp3) is 0.222. The molecule has 2 rings (SSSR count). The number of ether oxygens (including phenoxy) is 2. The number of nitrogens with one attached hydrogen (secondary N) is 1. The molecule has 2 aromatic rings. The highest BCUT2D eigenvalue weighted by Crippen LogP contribution is 2.24. The van der Waals surface area contributed by atoms with E-state index in [4.69, 9.17) is 9.47 Å². The highest BCUT2D eigenvalue weighted by atomic mass is 19.4. The molecule has 0 aliphatic carbocycles. The third kappa shape index (κ3) is 4.85. The first-order chi connectivity index (χ1) is 11.4. The highest BCUT2D eigenvalue weighted by Gasteiger charge is 2.38. The molecule has 0 aliphatic rings. The van der Waals surface area contributed by atoms with Crippen LogP contribution in [0.1, 0.15) is 5.56 Å². The lowest BCUT2D eigenvalue weighted by Gasteiger charge is -2.17. The molecular weight excluding hydrogens is 319 g/mol. The maximum Gasteiger partial charge on any atom is 0.420 e. The second-order valence-corrected chi connectivity index (χ2v) is 4.85. The van der Waals surface area contributed by atoms with E-state index in [1.165, 1.54) is 26.4 Å². The van der Waals surface area contributed by atoms with Crippen molar-refractivity contribution in [3.05, 3.63) is 54.1 Å². The first kappa shape index (κ1) is 17.5. The van der Waals surface area contributed by atoms with Crippen LogP contribution in [0.15, 0.2) is 48.5 Å². The lowest BCUT2D eigenvalue weighted by molar-refractivity contribution is -0.130. The Morgan fingerprint density at radius 2 is 1.38 bits per heavy atom. The molecule has 0 spiro atoms. The first-order valence-electron chi connectivity index (χ1n) is 7.05.